The van der Waals surface area contributed by atoms with E-state index in [0.29, 0.717) is 9.20 Å². The van der Waals surface area contributed by atoms with E-state index in [2.05, 4.69) is 4.98 Å². The fourth-order valence-electron chi connectivity index (χ4n) is 2.65. The van der Waals surface area contributed by atoms with Gasteiger partial charge in [-0.2, -0.15) is 0 Å². The average molecular weight is 347 g/mol. The second-order valence-electron chi connectivity index (χ2n) is 5.48. The Morgan fingerprint density at radius 2 is 1.88 bits per heavy atom. The number of carbonyl (C=O) groups excluding carboxylic acids is 1. The van der Waals surface area contributed by atoms with E-state index in [9.17, 15) is 9.59 Å². The Morgan fingerprint density at radius 1 is 1.04 bits per heavy atom. The van der Waals surface area contributed by atoms with Crippen molar-refractivity contribution >= 4 is 40.0 Å². The summed E-state index contributed by atoms with van der Waals surface area (Å²) in [5.41, 5.74) is 0.755. The number of thiazole rings is 1. The number of furan rings is 1. The van der Waals surface area contributed by atoms with Crippen molar-refractivity contribution in [2.24, 2.45) is 0 Å². The molecule has 0 aliphatic heterocycles. The monoisotopic (exact) mass is 347 g/mol. The fraction of sp³-hybridized carbons (Fsp3) is 0. The van der Waals surface area contributed by atoms with Gasteiger partial charge in [0.05, 0.1) is 15.5 Å². The quantitative estimate of drug-likeness (QED) is 0.580. The van der Waals surface area contributed by atoms with Gasteiger partial charge < -0.3 is 9.40 Å². The molecule has 0 saturated heterocycles. The van der Waals surface area contributed by atoms with E-state index in [1.807, 2.05) is 48.5 Å². The standard InChI is InChI=1S/C20H13NO3S/c22-16(17-9-4-10-24-17)12-19-21-20(23)18(25-19)11-14-7-3-6-13-5-1-2-8-15(13)14/h1-12H,(H,21,23)/b18-11+,19-12-. The Kier molecular flexibility index (Phi) is 3.91. The van der Waals surface area contributed by atoms with Crippen LogP contribution in [0.4, 0.5) is 0 Å². The van der Waals surface area contributed by atoms with Crippen LogP contribution in [0.25, 0.3) is 22.9 Å². The Labute approximate surface area is 146 Å². The van der Waals surface area contributed by atoms with E-state index in [1.54, 1.807) is 12.1 Å². The minimum absolute atomic E-state index is 0.212. The van der Waals surface area contributed by atoms with E-state index in [-0.39, 0.29) is 17.1 Å². The molecule has 0 atom stereocenters. The minimum Gasteiger partial charge on any atom is -0.461 e. The van der Waals surface area contributed by atoms with E-state index in [0.717, 1.165) is 16.3 Å². The highest BCUT2D eigenvalue weighted by Gasteiger charge is 2.06. The van der Waals surface area contributed by atoms with Crippen LogP contribution in [0.3, 0.4) is 0 Å². The number of aromatic nitrogens is 1. The van der Waals surface area contributed by atoms with Crippen molar-refractivity contribution in [3.63, 3.8) is 0 Å². The molecule has 2 aromatic carbocycles. The molecule has 0 aliphatic rings. The lowest BCUT2D eigenvalue weighted by molar-refractivity contribution is 0.103. The molecule has 2 heterocycles. The molecule has 0 aliphatic carbocycles. The van der Waals surface area contributed by atoms with Crippen molar-refractivity contribution in [3.05, 3.63) is 91.7 Å². The first-order valence-corrected chi connectivity index (χ1v) is 8.50. The lowest BCUT2D eigenvalue weighted by Crippen LogP contribution is -2.20. The lowest BCUT2D eigenvalue weighted by atomic mass is 10.0. The number of hydrogen-bond acceptors (Lipinski definition) is 4. The van der Waals surface area contributed by atoms with Crippen LogP contribution in [-0.2, 0) is 0 Å². The number of ketones is 1. The first-order valence-electron chi connectivity index (χ1n) is 7.69. The molecule has 0 bridgehead atoms. The van der Waals surface area contributed by atoms with E-state index in [1.165, 1.54) is 23.7 Å². The Balaban J connectivity index is 1.81. The van der Waals surface area contributed by atoms with Gasteiger partial charge in [-0.25, -0.2) is 0 Å². The molecular formula is C20H13NO3S. The van der Waals surface area contributed by atoms with Crippen molar-refractivity contribution in [2.45, 2.75) is 0 Å². The van der Waals surface area contributed by atoms with Crippen molar-refractivity contribution < 1.29 is 9.21 Å². The summed E-state index contributed by atoms with van der Waals surface area (Å²) in [4.78, 5) is 27.0. The van der Waals surface area contributed by atoms with Gasteiger partial charge in [0.1, 0.15) is 0 Å². The van der Waals surface area contributed by atoms with Crippen LogP contribution in [0.1, 0.15) is 16.1 Å². The normalized spacial score (nSPS) is 12.8. The Hall–Kier alpha value is -3.18. The van der Waals surface area contributed by atoms with Crippen LogP contribution in [0.15, 0.2) is 70.1 Å². The molecule has 4 rings (SSSR count). The molecule has 2 aromatic heterocycles. The van der Waals surface area contributed by atoms with Gasteiger partial charge in [-0.15, -0.1) is 11.3 Å². The molecular weight excluding hydrogens is 334 g/mol. The molecule has 4 nitrogen and oxygen atoms in total. The zero-order valence-electron chi connectivity index (χ0n) is 13.1. The Morgan fingerprint density at radius 3 is 2.72 bits per heavy atom. The maximum Gasteiger partial charge on any atom is 0.266 e. The Bertz CT molecular complexity index is 1220. The number of Topliss-reactive ketones (excluding diaryl/α,β-unsaturated/α-hetero) is 1. The van der Waals surface area contributed by atoms with Crippen molar-refractivity contribution in [3.8, 4) is 0 Å². The van der Waals surface area contributed by atoms with Crippen LogP contribution < -0.4 is 14.8 Å². The van der Waals surface area contributed by atoms with E-state index >= 15 is 0 Å². The van der Waals surface area contributed by atoms with Gasteiger partial charge in [0.15, 0.2) is 5.76 Å². The SMILES string of the molecule is O=C(/C=c1/[nH]c(=O)/c(=C\c2cccc3ccccc23)s1)c1ccco1. The number of benzene rings is 2. The fourth-order valence-corrected chi connectivity index (χ4v) is 3.53. The van der Waals surface area contributed by atoms with Gasteiger partial charge in [0.25, 0.3) is 5.56 Å². The predicted molar refractivity (Wildman–Crippen MR) is 99.2 cm³/mol. The maximum absolute atomic E-state index is 12.2. The van der Waals surface area contributed by atoms with Gasteiger partial charge in [0, 0.05) is 6.08 Å². The van der Waals surface area contributed by atoms with Crippen molar-refractivity contribution in [2.75, 3.05) is 0 Å². The molecule has 0 amide bonds. The van der Waals surface area contributed by atoms with E-state index in [4.69, 9.17) is 4.42 Å². The third-order valence-electron chi connectivity index (χ3n) is 3.82. The summed E-state index contributed by atoms with van der Waals surface area (Å²) < 4.78 is 6.12. The molecule has 1 N–H and O–H groups in total. The van der Waals surface area contributed by atoms with Gasteiger partial charge in [-0.1, -0.05) is 42.5 Å². The molecule has 4 aromatic rings. The first-order chi connectivity index (χ1) is 12.2. The number of rotatable bonds is 3. The second-order valence-corrected chi connectivity index (χ2v) is 6.57. The van der Waals surface area contributed by atoms with Crippen LogP contribution in [0.5, 0.6) is 0 Å². The number of carbonyl (C=O) groups is 1. The number of hydrogen-bond donors (Lipinski definition) is 1. The molecule has 122 valence electrons. The van der Waals surface area contributed by atoms with Gasteiger partial charge in [0.2, 0.25) is 5.78 Å². The zero-order valence-corrected chi connectivity index (χ0v) is 13.9. The van der Waals surface area contributed by atoms with Gasteiger partial charge >= 0.3 is 0 Å². The summed E-state index contributed by atoms with van der Waals surface area (Å²) in [5, 5.41) is 2.19. The van der Waals surface area contributed by atoms with Crippen LogP contribution in [-0.4, -0.2) is 10.8 Å². The minimum atomic E-state index is -0.279. The molecule has 0 unspecified atom stereocenters. The smallest absolute Gasteiger partial charge is 0.266 e. The first kappa shape index (κ1) is 15.4. The summed E-state index contributed by atoms with van der Waals surface area (Å²) in [6, 6.07) is 17.2. The third-order valence-corrected chi connectivity index (χ3v) is 4.78. The largest absolute Gasteiger partial charge is 0.461 e. The number of H-pyrrole nitrogens is 1. The predicted octanol–water partition coefficient (Wildman–Crippen LogP) is 2.67. The van der Waals surface area contributed by atoms with Crippen LogP contribution in [0, 0.1) is 0 Å². The molecule has 0 saturated carbocycles. The molecule has 5 heteroatoms. The summed E-state index contributed by atoms with van der Waals surface area (Å²) in [6.45, 7) is 0. The van der Waals surface area contributed by atoms with E-state index < -0.39 is 0 Å². The number of aromatic amines is 1. The molecule has 0 fully saturated rings. The highest BCUT2D eigenvalue weighted by Crippen LogP contribution is 2.18. The summed E-state index contributed by atoms with van der Waals surface area (Å²) in [5.74, 6) is -0.0342. The van der Waals surface area contributed by atoms with Crippen LogP contribution in [0.2, 0.25) is 0 Å². The molecule has 25 heavy (non-hydrogen) atoms. The second kappa shape index (κ2) is 6.37. The highest BCUT2D eigenvalue weighted by molar-refractivity contribution is 7.07. The van der Waals surface area contributed by atoms with Gasteiger partial charge in [-0.3, -0.25) is 9.59 Å². The topological polar surface area (TPSA) is 63.1 Å². The third kappa shape index (κ3) is 3.09. The lowest BCUT2D eigenvalue weighted by Gasteiger charge is -2.00. The maximum atomic E-state index is 12.2. The van der Waals surface area contributed by atoms with Crippen LogP contribution >= 0.6 is 11.3 Å². The number of fused-ring (bicyclic) bond motifs is 1. The van der Waals surface area contributed by atoms with Crippen molar-refractivity contribution in [1.29, 1.82) is 0 Å². The zero-order chi connectivity index (χ0) is 17.2. The summed E-state index contributed by atoms with van der Waals surface area (Å²) in [6.07, 6.45) is 4.67. The highest BCUT2D eigenvalue weighted by atomic mass is 32.1. The molecule has 0 radical (unpaired) electrons. The van der Waals surface area contributed by atoms with Crippen molar-refractivity contribution in [1.82, 2.24) is 4.98 Å². The van der Waals surface area contributed by atoms with Gasteiger partial charge in [-0.05, 0) is 34.5 Å². The summed E-state index contributed by atoms with van der Waals surface area (Å²) in [7, 11) is 0. The molecule has 0 spiro atoms. The summed E-state index contributed by atoms with van der Waals surface area (Å²) >= 11 is 1.25. The average Bonchev–Trinajstić information content (AvgIpc) is 3.26. The number of nitrogens with one attached hydrogen (secondary N) is 1.